The lowest BCUT2D eigenvalue weighted by atomic mass is 10.1. The quantitative estimate of drug-likeness (QED) is 0.825. The first-order valence-corrected chi connectivity index (χ1v) is 5.70. The number of para-hydroxylation sites is 1. The van der Waals surface area contributed by atoms with Crippen molar-refractivity contribution in [3.05, 3.63) is 47.7 Å². The van der Waals surface area contributed by atoms with E-state index in [2.05, 4.69) is 4.98 Å². The molecule has 0 radical (unpaired) electrons. The van der Waals surface area contributed by atoms with Gasteiger partial charge in [-0.05, 0) is 19.0 Å². The molecule has 0 spiro atoms. The molecule has 2 rings (SSSR count). The monoisotopic (exact) mass is 232 g/mol. The number of aromatic hydroxyl groups is 1. The number of hydrogen-bond donors (Lipinski definition) is 2. The van der Waals surface area contributed by atoms with Crippen molar-refractivity contribution in [1.82, 2.24) is 4.98 Å². The van der Waals surface area contributed by atoms with Gasteiger partial charge in [0.05, 0.1) is 12.6 Å². The Balaban J connectivity index is 2.04. The van der Waals surface area contributed by atoms with E-state index >= 15 is 0 Å². The zero-order chi connectivity index (χ0) is 12.1. The molecule has 1 aromatic heterocycles. The smallest absolute Gasteiger partial charge is 0.198 e. The van der Waals surface area contributed by atoms with Crippen molar-refractivity contribution in [2.45, 2.75) is 19.3 Å². The van der Waals surface area contributed by atoms with Crippen LogP contribution in [0.2, 0.25) is 0 Å². The predicted molar refractivity (Wildman–Crippen MR) is 64.8 cm³/mol. The molecule has 0 saturated carbocycles. The van der Waals surface area contributed by atoms with Crippen molar-refractivity contribution >= 4 is 0 Å². The van der Waals surface area contributed by atoms with E-state index < -0.39 is 0 Å². The molecule has 0 aliphatic rings. The lowest BCUT2D eigenvalue weighted by Crippen LogP contribution is -1.99. The molecule has 4 nitrogen and oxygen atoms in total. The molecule has 2 aromatic rings. The highest BCUT2D eigenvalue weighted by Gasteiger charge is 2.07. The molecule has 0 saturated heterocycles. The number of nitrogens with two attached hydrogens (primary N) is 1. The SMILES string of the molecule is NCCCc1cnc(Cc2ccccc2O)o1. The third-order valence-electron chi connectivity index (χ3n) is 2.56. The van der Waals surface area contributed by atoms with Crippen molar-refractivity contribution in [2.75, 3.05) is 6.54 Å². The van der Waals surface area contributed by atoms with Crippen LogP contribution in [-0.4, -0.2) is 16.6 Å². The topological polar surface area (TPSA) is 72.3 Å². The maximum absolute atomic E-state index is 9.63. The second-order valence-electron chi connectivity index (χ2n) is 3.92. The van der Waals surface area contributed by atoms with Crippen LogP contribution < -0.4 is 5.73 Å². The van der Waals surface area contributed by atoms with E-state index in [1.807, 2.05) is 12.1 Å². The molecular formula is C13H16N2O2. The average molecular weight is 232 g/mol. The predicted octanol–water partition coefficient (Wildman–Crippen LogP) is 1.86. The summed E-state index contributed by atoms with van der Waals surface area (Å²) in [5.41, 5.74) is 6.25. The van der Waals surface area contributed by atoms with Crippen LogP contribution in [0.4, 0.5) is 0 Å². The van der Waals surface area contributed by atoms with E-state index in [1.165, 1.54) is 0 Å². The van der Waals surface area contributed by atoms with E-state index in [-0.39, 0.29) is 5.75 Å². The van der Waals surface area contributed by atoms with Crippen molar-refractivity contribution < 1.29 is 9.52 Å². The van der Waals surface area contributed by atoms with Crippen molar-refractivity contribution in [3.8, 4) is 5.75 Å². The summed E-state index contributed by atoms with van der Waals surface area (Å²) in [4.78, 5) is 4.19. The Labute approximate surface area is 100 Å². The Bertz CT molecular complexity index is 480. The van der Waals surface area contributed by atoms with E-state index in [4.69, 9.17) is 10.2 Å². The molecule has 17 heavy (non-hydrogen) atoms. The van der Waals surface area contributed by atoms with Crippen LogP contribution in [0.1, 0.15) is 23.6 Å². The van der Waals surface area contributed by atoms with Crippen LogP contribution in [0, 0.1) is 0 Å². The fourth-order valence-corrected chi connectivity index (χ4v) is 1.64. The molecule has 0 amide bonds. The molecule has 1 heterocycles. The van der Waals surface area contributed by atoms with E-state index in [9.17, 15) is 5.11 Å². The van der Waals surface area contributed by atoms with Crippen LogP contribution in [0.25, 0.3) is 0 Å². The Morgan fingerprint density at radius 1 is 1.29 bits per heavy atom. The summed E-state index contributed by atoms with van der Waals surface area (Å²) in [7, 11) is 0. The minimum atomic E-state index is 0.272. The average Bonchev–Trinajstić information content (AvgIpc) is 2.77. The van der Waals surface area contributed by atoms with Gasteiger partial charge < -0.3 is 15.3 Å². The summed E-state index contributed by atoms with van der Waals surface area (Å²) in [5.74, 6) is 1.74. The van der Waals surface area contributed by atoms with Crippen molar-refractivity contribution in [2.24, 2.45) is 5.73 Å². The normalized spacial score (nSPS) is 10.6. The third-order valence-corrected chi connectivity index (χ3v) is 2.56. The molecule has 0 aliphatic carbocycles. The van der Waals surface area contributed by atoms with E-state index in [0.717, 1.165) is 24.2 Å². The highest BCUT2D eigenvalue weighted by atomic mass is 16.4. The van der Waals surface area contributed by atoms with Gasteiger partial charge in [0.1, 0.15) is 11.5 Å². The highest BCUT2D eigenvalue weighted by molar-refractivity contribution is 5.33. The van der Waals surface area contributed by atoms with Gasteiger partial charge in [-0.3, -0.25) is 0 Å². The summed E-state index contributed by atoms with van der Waals surface area (Å²) in [6, 6.07) is 7.20. The maximum Gasteiger partial charge on any atom is 0.198 e. The zero-order valence-electron chi connectivity index (χ0n) is 9.60. The number of hydrogen-bond acceptors (Lipinski definition) is 4. The molecule has 90 valence electrons. The second kappa shape index (κ2) is 5.50. The Morgan fingerprint density at radius 2 is 2.12 bits per heavy atom. The minimum absolute atomic E-state index is 0.272. The van der Waals surface area contributed by atoms with Gasteiger partial charge in [-0.2, -0.15) is 0 Å². The van der Waals surface area contributed by atoms with Crippen LogP contribution in [-0.2, 0) is 12.8 Å². The summed E-state index contributed by atoms with van der Waals surface area (Å²) in [5, 5.41) is 9.63. The first kappa shape index (κ1) is 11.7. The Hall–Kier alpha value is -1.81. The fourth-order valence-electron chi connectivity index (χ4n) is 1.64. The third kappa shape index (κ3) is 3.07. The summed E-state index contributed by atoms with van der Waals surface area (Å²) < 4.78 is 5.57. The van der Waals surface area contributed by atoms with Crippen LogP contribution in [0.3, 0.4) is 0 Å². The van der Waals surface area contributed by atoms with Gasteiger partial charge in [-0.1, -0.05) is 18.2 Å². The number of phenols is 1. The van der Waals surface area contributed by atoms with Gasteiger partial charge in [0.25, 0.3) is 0 Å². The number of benzene rings is 1. The number of nitrogens with zero attached hydrogens (tertiary/aromatic N) is 1. The van der Waals surface area contributed by atoms with Crippen LogP contribution in [0.15, 0.2) is 34.9 Å². The van der Waals surface area contributed by atoms with Crippen LogP contribution >= 0.6 is 0 Å². The minimum Gasteiger partial charge on any atom is -0.508 e. The first-order chi connectivity index (χ1) is 8.29. The van der Waals surface area contributed by atoms with Gasteiger partial charge in [0, 0.05) is 12.0 Å². The molecule has 0 aliphatic heterocycles. The molecule has 0 unspecified atom stereocenters. The standard InChI is InChI=1S/C13H16N2O2/c14-7-3-5-11-9-15-13(17-11)8-10-4-1-2-6-12(10)16/h1-2,4,6,9,16H,3,5,7-8,14H2. The fraction of sp³-hybridized carbons (Fsp3) is 0.308. The van der Waals surface area contributed by atoms with E-state index in [0.29, 0.717) is 18.9 Å². The first-order valence-electron chi connectivity index (χ1n) is 5.70. The molecule has 0 atom stereocenters. The zero-order valence-corrected chi connectivity index (χ0v) is 9.60. The molecule has 0 bridgehead atoms. The second-order valence-corrected chi connectivity index (χ2v) is 3.92. The van der Waals surface area contributed by atoms with Gasteiger partial charge in [-0.15, -0.1) is 0 Å². The molecule has 4 heteroatoms. The number of rotatable bonds is 5. The number of aryl methyl sites for hydroxylation is 1. The lowest BCUT2D eigenvalue weighted by molar-refractivity contribution is 0.446. The van der Waals surface area contributed by atoms with Gasteiger partial charge in [-0.25, -0.2) is 4.98 Å². The van der Waals surface area contributed by atoms with Crippen molar-refractivity contribution in [3.63, 3.8) is 0 Å². The Morgan fingerprint density at radius 3 is 2.88 bits per heavy atom. The molecule has 1 aromatic carbocycles. The van der Waals surface area contributed by atoms with Crippen LogP contribution in [0.5, 0.6) is 5.75 Å². The van der Waals surface area contributed by atoms with Gasteiger partial charge >= 0.3 is 0 Å². The number of oxazole rings is 1. The summed E-state index contributed by atoms with van der Waals surface area (Å²) >= 11 is 0. The number of aromatic nitrogens is 1. The summed E-state index contributed by atoms with van der Waals surface area (Å²) in [6.45, 7) is 0.648. The van der Waals surface area contributed by atoms with E-state index in [1.54, 1.807) is 18.3 Å². The lowest BCUT2D eigenvalue weighted by Gasteiger charge is -2.00. The largest absolute Gasteiger partial charge is 0.508 e. The van der Waals surface area contributed by atoms with Gasteiger partial charge in [0.15, 0.2) is 5.89 Å². The summed E-state index contributed by atoms with van der Waals surface area (Å²) in [6.07, 6.45) is 3.94. The maximum atomic E-state index is 9.63. The molecular weight excluding hydrogens is 216 g/mol. The highest BCUT2D eigenvalue weighted by Crippen LogP contribution is 2.19. The Kier molecular flexibility index (Phi) is 3.77. The molecule has 0 fully saturated rings. The number of phenolic OH excluding ortho intramolecular Hbond substituents is 1. The molecule has 3 N–H and O–H groups in total. The van der Waals surface area contributed by atoms with Gasteiger partial charge in [0.2, 0.25) is 0 Å². The van der Waals surface area contributed by atoms with Crippen molar-refractivity contribution in [1.29, 1.82) is 0 Å².